The fourth-order valence-electron chi connectivity index (χ4n) is 3.81. The standard InChI is InChI=1S/C21H24N2.Mn/c1-14-9-16(3)20(17(4)10-14)22-7-8-23(13-22)21-18(5)11-15(2)12-19(21)6;/h7-12H,1-6H3;. The van der Waals surface area contributed by atoms with Crippen molar-refractivity contribution in [3.05, 3.63) is 74.4 Å². The molecular weight excluding hydrogens is 335 g/mol. The Morgan fingerprint density at radius 1 is 0.583 bits per heavy atom. The molecule has 0 saturated heterocycles. The van der Waals surface area contributed by atoms with Crippen LogP contribution in [0.4, 0.5) is 0 Å². The first-order chi connectivity index (χ1) is 11.3. The van der Waals surface area contributed by atoms with Crippen LogP contribution in [0.5, 0.6) is 0 Å². The fraction of sp³-hybridized carbons (Fsp3) is 0.286. The van der Waals surface area contributed by atoms with Crippen LogP contribution in [0.15, 0.2) is 36.7 Å². The van der Waals surface area contributed by atoms with Crippen molar-refractivity contribution in [1.82, 2.24) is 9.13 Å². The molecule has 0 bridgehead atoms. The van der Waals surface area contributed by atoms with Crippen LogP contribution in [-0.4, -0.2) is 9.13 Å². The Morgan fingerprint density at radius 2 is 0.875 bits per heavy atom. The molecule has 0 fully saturated rings. The Balaban J connectivity index is 2.24. The number of imidazole rings is 1. The SMILES string of the molecule is Cc1cc(C)c(-n2ccn(-c3c(C)cc(C)cc3C)[c]2=[Mn])c(C)c1. The van der Waals surface area contributed by atoms with Gasteiger partial charge in [-0.1, -0.05) is 0 Å². The monoisotopic (exact) mass is 359 g/mol. The van der Waals surface area contributed by atoms with Crippen LogP contribution < -0.4 is 0 Å². The molecule has 0 aliphatic carbocycles. The quantitative estimate of drug-likeness (QED) is 0.557. The molecule has 0 radical (unpaired) electrons. The van der Waals surface area contributed by atoms with Gasteiger partial charge in [0.25, 0.3) is 0 Å². The van der Waals surface area contributed by atoms with Crippen LogP contribution in [0.2, 0.25) is 0 Å². The molecule has 0 unspecified atom stereocenters. The Labute approximate surface area is 152 Å². The molecule has 2 aromatic carbocycles. The average molecular weight is 359 g/mol. The molecule has 0 N–H and O–H groups in total. The molecule has 0 atom stereocenters. The minimum atomic E-state index is 1.03. The predicted octanol–water partition coefficient (Wildman–Crippen LogP) is 5.20. The van der Waals surface area contributed by atoms with E-state index < -0.39 is 0 Å². The van der Waals surface area contributed by atoms with Crippen LogP contribution in [-0.2, 0) is 15.6 Å². The van der Waals surface area contributed by atoms with E-state index >= 15 is 0 Å². The van der Waals surface area contributed by atoms with E-state index in [9.17, 15) is 0 Å². The van der Waals surface area contributed by atoms with Gasteiger partial charge in [0.2, 0.25) is 0 Å². The van der Waals surface area contributed by atoms with E-state index in [1.54, 1.807) is 0 Å². The maximum absolute atomic E-state index is 3.82. The molecule has 0 aliphatic rings. The van der Waals surface area contributed by atoms with Crippen LogP contribution in [0.3, 0.4) is 0 Å². The molecule has 3 aromatic rings. The number of nitrogens with zero attached hydrogens (tertiary/aromatic N) is 2. The van der Waals surface area contributed by atoms with Crippen molar-refractivity contribution in [3.8, 4) is 11.4 Å². The van der Waals surface area contributed by atoms with Gasteiger partial charge in [0.15, 0.2) is 0 Å². The van der Waals surface area contributed by atoms with Gasteiger partial charge in [0.1, 0.15) is 0 Å². The third kappa shape index (κ3) is 2.83. The minimum absolute atomic E-state index is 1.03. The first kappa shape index (κ1) is 17.0. The number of rotatable bonds is 2. The van der Waals surface area contributed by atoms with E-state index in [-0.39, 0.29) is 0 Å². The molecule has 24 heavy (non-hydrogen) atoms. The van der Waals surface area contributed by atoms with Gasteiger partial charge in [-0.3, -0.25) is 0 Å². The van der Waals surface area contributed by atoms with Gasteiger partial charge in [-0.15, -0.1) is 0 Å². The van der Waals surface area contributed by atoms with Crippen molar-refractivity contribution in [2.45, 2.75) is 41.5 Å². The summed E-state index contributed by atoms with van der Waals surface area (Å²) in [7, 11) is 0. The Hall–Kier alpha value is -1.83. The molecule has 125 valence electrons. The van der Waals surface area contributed by atoms with Crippen molar-refractivity contribution in [3.63, 3.8) is 0 Å². The molecule has 2 nitrogen and oxygen atoms in total. The average Bonchev–Trinajstić information content (AvgIpc) is 2.79. The third-order valence-corrected chi connectivity index (χ3v) is 5.08. The van der Waals surface area contributed by atoms with Gasteiger partial charge in [-0.2, -0.15) is 0 Å². The van der Waals surface area contributed by atoms with Gasteiger partial charge < -0.3 is 0 Å². The van der Waals surface area contributed by atoms with E-state index in [1.807, 2.05) is 0 Å². The zero-order valence-corrected chi connectivity index (χ0v) is 16.4. The Bertz CT molecular complexity index is 865. The molecule has 0 saturated carbocycles. The third-order valence-electron chi connectivity index (χ3n) is 4.51. The van der Waals surface area contributed by atoms with Gasteiger partial charge in [-0.05, 0) is 0 Å². The number of hydrogen-bond acceptors (Lipinski definition) is 0. The van der Waals surface area contributed by atoms with Gasteiger partial charge in [-0.25, -0.2) is 0 Å². The summed E-state index contributed by atoms with van der Waals surface area (Å²) in [6.07, 6.45) is 4.26. The molecule has 0 aliphatic heterocycles. The molecule has 0 spiro atoms. The maximum atomic E-state index is 3.82. The van der Waals surface area contributed by atoms with Gasteiger partial charge in [0.05, 0.1) is 0 Å². The summed E-state index contributed by atoms with van der Waals surface area (Å²) >= 11 is 3.82. The van der Waals surface area contributed by atoms with Crippen molar-refractivity contribution >= 4 is 0 Å². The molecule has 1 heterocycles. The predicted molar refractivity (Wildman–Crippen MR) is 96.8 cm³/mol. The second kappa shape index (κ2) is 6.23. The van der Waals surface area contributed by atoms with Crippen LogP contribution in [0.1, 0.15) is 33.4 Å². The second-order valence-corrected chi connectivity index (χ2v) is 7.33. The molecule has 3 rings (SSSR count). The van der Waals surface area contributed by atoms with Crippen molar-refractivity contribution < 1.29 is 15.6 Å². The number of benzene rings is 2. The van der Waals surface area contributed by atoms with Gasteiger partial charge in [0, 0.05) is 0 Å². The molecule has 0 amide bonds. The molecule has 3 heteroatoms. The summed E-state index contributed by atoms with van der Waals surface area (Å²) in [5, 5.41) is 0. The van der Waals surface area contributed by atoms with Crippen LogP contribution in [0, 0.1) is 45.9 Å². The molecular formula is C21H24MnN2. The van der Waals surface area contributed by atoms with E-state index in [0.717, 1.165) is 4.32 Å². The summed E-state index contributed by atoms with van der Waals surface area (Å²) in [6, 6.07) is 8.95. The molecule has 1 aromatic heterocycles. The number of aromatic nitrogens is 2. The summed E-state index contributed by atoms with van der Waals surface area (Å²) in [4.78, 5) is 0. The Morgan fingerprint density at radius 3 is 1.17 bits per heavy atom. The Kier molecular flexibility index (Phi) is 4.42. The normalized spacial score (nSPS) is 11.1. The van der Waals surface area contributed by atoms with E-state index in [4.69, 9.17) is 0 Å². The second-order valence-electron chi connectivity index (χ2n) is 6.80. The number of hydrogen-bond donors (Lipinski definition) is 0. The number of aryl methyl sites for hydroxylation is 6. The van der Waals surface area contributed by atoms with Crippen LogP contribution >= 0.6 is 0 Å². The first-order valence-corrected chi connectivity index (χ1v) is 8.83. The summed E-state index contributed by atoms with van der Waals surface area (Å²) in [5.74, 6) is 0. The zero-order chi connectivity index (χ0) is 17.6. The van der Waals surface area contributed by atoms with E-state index in [2.05, 4.69) is 103 Å². The van der Waals surface area contributed by atoms with Crippen LogP contribution in [0.25, 0.3) is 11.4 Å². The van der Waals surface area contributed by atoms with Crippen molar-refractivity contribution in [2.24, 2.45) is 0 Å². The summed E-state index contributed by atoms with van der Waals surface area (Å²) in [6.45, 7) is 13.0. The van der Waals surface area contributed by atoms with E-state index in [1.165, 1.54) is 44.8 Å². The van der Waals surface area contributed by atoms with Gasteiger partial charge >= 0.3 is 152 Å². The summed E-state index contributed by atoms with van der Waals surface area (Å²) in [5.41, 5.74) is 10.2. The summed E-state index contributed by atoms with van der Waals surface area (Å²) < 4.78 is 5.48. The first-order valence-electron chi connectivity index (χ1n) is 8.24. The van der Waals surface area contributed by atoms with Crippen molar-refractivity contribution in [2.75, 3.05) is 0 Å². The zero-order valence-electron chi connectivity index (χ0n) is 15.2. The van der Waals surface area contributed by atoms with E-state index in [0.29, 0.717) is 0 Å². The fourth-order valence-corrected chi connectivity index (χ4v) is 4.25. The van der Waals surface area contributed by atoms with Crippen molar-refractivity contribution in [1.29, 1.82) is 0 Å². The topological polar surface area (TPSA) is 9.86 Å².